The number of ether oxygens (including phenoxy) is 1. The fraction of sp³-hybridized carbons (Fsp3) is 0.400. The molecule has 6 heteroatoms. The molecule has 88 valence electrons. The van der Waals surface area contributed by atoms with Gasteiger partial charge in [-0.05, 0) is 28.9 Å². The number of rotatable bonds is 4. The summed E-state index contributed by atoms with van der Waals surface area (Å²) in [5.41, 5.74) is 6.04. The molecule has 0 saturated heterocycles. The molecule has 0 fully saturated rings. The van der Waals surface area contributed by atoms with E-state index in [4.69, 9.17) is 10.5 Å². The van der Waals surface area contributed by atoms with Crippen molar-refractivity contribution >= 4 is 21.9 Å². The highest BCUT2D eigenvalue weighted by molar-refractivity contribution is 9.10. The van der Waals surface area contributed by atoms with E-state index in [0.29, 0.717) is 10.2 Å². The predicted octanol–water partition coefficient (Wildman–Crippen LogP) is 0.768. The van der Waals surface area contributed by atoms with Crippen LogP contribution >= 0.6 is 15.9 Å². The van der Waals surface area contributed by atoms with Crippen molar-refractivity contribution in [1.29, 1.82) is 0 Å². The minimum atomic E-state index is -1.14. The summed E-state index contributed by atoms with van der Waals surface area (Å²) in [6.45, 7) is 1.91. The number of nitrogens with zero attached hydrogens (tertiary/aromatic N) is 1. The molecule has 5 nitrogen and oxygen atoms in total. The quantitative estimate of drug-likeness (QED) is 0.631. The molecule has 2 atom stereocenters. The zero-order valence-corrected chi connectivity index (χ0v) is 10.3. The third-order valence-corrected chi connectivity index (χ3v) is 2.67. The summed E-state index contributed by atoms with van der Waals surface area (Å²) < 4.78 is 5.19. The lowest BCUT2D eigenvalue weighted by molar-refractivity contribution is -0.147. The number of nitrogens with two attached hydrogens (primary N) is 1. The van der Waals surface area contributed by atoms with Crippen molar-refractivity contribution in [1.82, 2.24) is 4.98 Å². The normalized spacial score (nSPS) is 14.2. The van der Waals surface area contributed by atoms with Gasteiger partial charge in [-0.1, -0.05) is 6.07 Å². The Kier molecular flexibility index (Phi) is 4.85. The maximum atomic E-state index is 11.3. The molecular weight excluding hydrogens is 276 g/mol. The second-order valence-corrected chi connectivity index (χ2v) is 3.86. The van der Waals surface area contributed by atoms with E-state index < -0.39 is 18.1 Å². The number of hydrogen-bond acceptors (Lipinski definition) is 5. The third-order valence-electron chi connectivity index (χ3n) is 2.01. The Balaban J connectivity index is 2.82. The monoisotopic (exact) mass is 288 g/mol. The topological polar surface area (TPSA) is 85.4 Å². The van der Waals surface area contributed by atoms with Crippen LogP contribution in [-0.2, 0) is 9.53 Å². The molecule has 16 heavy (non-hydrogen) atoms. The first-order valence-corrected chi connectivity index (χ1v) is 5.58. The van der Waals surface area contributed by atoms with E-state index in [0.717, 1.165) is 0 Å². The number of pyridine rings is 1. The fourth-order valence-electron chi connectivity index (χ4n) is 1.18. The first kappa shape index (κ1) is 13.1. The Morgan fingerprint density at radius 2 is 2.44 bits per heavy atom. The number of carbonyl (C=O) groups is 1. The van der Waals surface area contributed by atoms with E-state index in [1.165, 1.54) is 0 Å². The molecule has 0 aliphatic rings. The number of esters is 1. The molecule has 0 aromatic carbocycles. The van der Waals surface area contributed by atoms with Gasteiger partial charge in [0.05, 0.1) is 6.61 Å². The van der Waals surface area contributed by atoms with Gasteiger partial charge in [0.15, 0.2) is 0 Å². The Bertz CT molecular complexity index is 373. The highest BCUT2D eigenvalue weighted by atomic mass is 79.9. The lowest BCUT2D eigenvalue weighted by Crippen LogP contribution is -2.38. The summed E-state index contributed by atoms with van der Waals surface area (Å²) in [4.78, 5) is 15.3. The standard InChI is InChI=1S/C10H13BrN2O3/c1-2-16-10(15)7(12)8(14)6-4-3-5-13-9(6)11/h3-5,7-8,14H,2,12H2,1H3/t7-,8+/m1/s1. The molecule has 0 aliphatic heterocycles. The Morgan fingerprint density at radius 1 is 1.75 bits per heavy atom. The second kappa shape index (κ2) is 5.93. The third kappa shape index (κ3) is 3.01. The van der Waals surface area contributed by atoms with Crippen LogP contribution in [0.5, 0.6) is 0 Å². The lowest BCUT2D eigenvalue weighted by atomic mass is 10.1. The first-order valence-electron chi connectivity index (χ1n) is 4.78. The van der Waals surface area contributed by atoms with Gasteiger partial charge < -0.3 is 15.6 Å². The van der Waals surface area contributed by atoms with Crippen molar-refractivity contribution < 1.29 is 14.6 Å². The molecule has 0 bridgehead atoms. The average Bonchev–Trinajstić information content (AvgIpc) is 2.28. The summed E-state index contributed by atoms with van der Waals surface area (Å²) in [6.07, 6.45) is 0.429. The van der Waals surface area contributed by atoms with Crippen molar-refractivity contribution in [3.63, 3.8) is 0 Å². The molecule has 0 aliphatic carbocycles. The number of hydrogen-bond donors (Lipinski definition) is 2. The van der Waals surface area contributed by atoms with Crippen LogP contribution < -0.4 is 5.73 Å². The minimum Gasteiger partial charge on any atom is -0.465 e. The van der Waals surface area contributed by atoms with Crippen molar-refractivity contribution in [3.05, 3.63) is 28.5 Å². The average molecular weight is 289 g/mol. The Morgan fingerprint density at radius 3 is 3.00 bits per heavy atom. The van der Waals surface area contributed by atoms with Gasteiger partial charge in [-0.15, -0.1) is 0 Å². The summed E-state index contributed by atoms with van der Waals surface area (Å²) >= 11 is 3.17. The number of carbonyl (C=O) groups excluding carboxylic acids is 1. The Hall–Kier alpha value is -0.980. The van der Waals surface area contributed by atoms with E-state index in [2.05, 4.69) is 20.9 Å². The van der Waals surface area contributed by atoms with Gasteiger partial charge in [-0.3, -0.25) is 4.79 Å². The van der Waals surface area contributed by atoms with Gasteiger partial charge in [0.25, 0.3) is 0 Å². The van der Waals surface area contributed by atoms with Crippen LogP contribution in [0.1, 0.15) is 18.6 Å². The minimum absolute atomic E-state index is 0.230. The van der Waals surface area contributed by atoms with Gasteiger partial charge in [0.2, 0.25) is 0 Å². The fourth-order valence-corrected chi connectivity index (χ4v) is 1.66. The molecule has 0 amide bonds. The SMILES string of the molecule is CCOC(=O)[C@H](N)[C@@H](O)c1cccnc1Br. The van der Waals surface area contributed by atoms with Gasteiger partial charge in [-0.2, -0.15) is 0 Å². The summed E-state index contributed by atoms with van der Waals surface area (Å²) in [7, 11) is 0. The maximum absolute atomic E-state index is 11.3. The molecule has 3 N–H and O–H groups in total. The van der Waals surface area contributed by atoms with E-state index in [-0.39, 0.29) is 6.61 Å². The number of aromatic nitrogens is 1. The van der Waals surface area contributed by atoms with E-state index in [1.807, 2.05) is 0 Å². The molecular formula is C10H13BrN2O3. The molecule has 0 spiro atoms. The van der Waals surface area contributed by atoms with Crippen LogP contribution in [0.15, 0.2) is 22.9 Å². The maximum Gasteiger partial charge on any atom is 0.325 e. The van der Waals surface area contributed by atoms with Crippen LogP contribution in [0, 0.1) is 0 Å². The van der Waals surface area contributed by atoms with E-state index in [9.17, 15) is 9.90 Å². The number of aliphatic hydroxyl groups is 1. The van der Waals surface area contributed by atoms with E-state index >= 15 is 0 Å². The van der Waals surface area contributed by atoms with Crippen LogP contribution in [0.2, 0.25) is 0 Å². The summed E-state index contributed by atoms with van der Waals surface area (Å²) in [6, 6.07) is 2.18. The smallest absolute Gasteiger partial charge is 0.325 e. The number of halogens is 1. The molecule has 1 heterocycles. The largest absolute Gasteiger partial charge is 0.465 e. The summed E-state index contributed by atoms with van der Waals surface area (Å²) in [5, 5.41) is 9.87. The van der Waals surface area contributed by atoms with Crippen LogP contribution in [0.25, 0.3) is 0 Å². The zero-order chi connectivity index (χ0) is 12.1. The van der Waals surface area contributed by atoms with Gasteiger partial charge in [0, 0.05) is 11.8 Å². The van der Waals surface area contributed by atoms with Crippen molar-refractivity contribution in [2.24, 2.45) is 5.73 Å². The van der Waals surface area contributed by atoms with E-state index in [1.54, 1.807) is 25.3 Å². The zero-order valence-electron chi connectivity index (χ0n) is 8.76. The number of aliphatic hydroxyl groups excluding tert-OH is 1. The first-order chi connectivity index (χ1) is 7.57. The molecule has 1 aromatic rings. The molecule has 1 aromatic heterocycles. The van der Waals surface area contributed by atoms with Crippen LogP contribution in [-0.4, -0.2) is 28.7 Å². The van der Waals surface area contributed by atoms with Crippen LogP contribution in [0.4, 0.5) is 0 Å². The molecule has 0 unspecified atom stereocenters. The molecule has 0 radical (unpaired) electrons. The molecule has 1 rings (SSSR count). The second-order valence-electron chi connectivity index (χ2n) is 3.11. The summed E-state index contributed by atoms with van der Waals surface area (Å²) in [5.74, 6) is -0.634. The van der Waals surface area contributed by atoms with Crippen molar-refractivity contribution in [2.45, 2.75) is 19.1 Å². The Labute approximate surface area is 102 Å². The van der Waals surface area contributed by atoms with Gasteiger partial charge in [-0.25, -0.2) is 4.98 Å². The highest BCUT2D eigenvalue weighted by Gasteiger charge is 2.26. The lowest BCUT2D eigenvalue weighted by Gasteiger charge is -2.18. The van der Waals surface area contributed by atoms with Gasteiger partial charge in [0.1, 0.15) is 16.7 Å². The highest BCUT2D eigenvalue weighted by Crippen LogP contribution is 2.23. The van der Waals surface area contributed by atoms with Crippen molar-refractivity contribution in [3.8, 4) is 0 Å². The van der Waals surface area contributed by atoms with Gasteiger partial charge >= 0.3 is 5.97 Å². The van der Waals surface area contributed by atoms with Crippen molar-refractivity contribution in [2.75, 3.05) is 6.61 Å². The predicted molar refractivity (Wildman–Crippen MR) is 61.5 cm³/mol. The molecule has 0 saturated carbocycles. The van der Waals surface area contributed by atoms with Crippen LogP contribution in [0.3, 0.4) is 0 Å².